The summed E-state index contributed by atoms with van der Waals surface area (Å²) in [4.78, 5) is 9.73. The summed E-state index contributed by atoms with van der Waals surface area (Å²) in [5, 5.41) is 18.7. The maximum Gasteiger partial charge on any atom is 0.0963 e. The minimum atomic E-state index is 0.815. The number of aromatic amines is 1. The molecule has 172 valence electrons. The minimum absolute atomic E-state index is 0.815. The summed E-state index contributed by atoms with van der Waals surface area (Å²) in [6.07, 6.45) is 4.25. The quantitative estimate of drug-likeness (QED) is 0.315. The Morgan fingerprint density at radius 3 is 2.85 bits per heavy atom. The largest absolute Gasteiger partial charge is 0.388 e. The molecule has 0 radical (unpaired) electrons. The van der Waals surface area contributed by atoms with Gasteiger partial charge in [0.25, 0.3) is 0 Å². The second-order valence-corrected chi connectivity index (χ2v) is 9.82. The van der Waals surface area contributed by atoms with Gasteiger partial charge >= 0.3 is 0 Å². The van der Waals surface area contributed by atoms with Crippen molar-refractivity contribution in [1.82, 2.24) is 20.1 Å². The van der Waals surface area contributed by atoms with E-state index in [9.17, 15) is 0 Å². The molecular formula is C26H26N6OS. The number of hydrogen-bond acceptors (Lipinski definition) is 7. The standard InChI is InChI=1S/C26H26N6OS/c1-28-22-10-17(3-4-18(22)13-27)25-20-12-23-19(26(20)31-30-25)11-24(34-23)21-5-2-16(14-29-21)15-32-6-8-33-9-7-32/h2-5,10-11,13-14,27-28H,6-9,12,15H2,1H3,(H,30,31). The van der Waals surface area contributed by atoms with Crippen molar-refractivity contribution in [3.05, 3.63) is 64.2 Å². The third kappa shape index (κ3) is 3.73. The first-order valence-electron chi connectivity index (χ1n) is 11.5. The number of nitrogens with zero attached hydrogens (tertiary/aromatic N) is 3. The molecule has 3 N–H and O–H groups in total. The van der Waals surface area contributed by atoms with E-state index >= 15 is 0 Å². The van der Waals surface area contributed by atoms with E-state index in [2.05, 4.69) is 44.7 Å². The molecule has 0 unspecified atom stereocenters. The molecule has 0 bridgehead atoms. The van der Waals surface area contributed by atoms with Gasteiger partial charge in [0.2, 0.25) is 0 Å². The van der Waals surface area contributed by atoms with Crippen molar-refractivity contribution in [2.24, 2.45) is 0 Å². The maximum atomic E-state index is 7.59. The molecule has 8 heteroatoms. The van der Waals surface area contributed by atoms with E-state index in [0.717, 1.165) is 73.2 Å². The molecule has 0 saturated carbocycles. The first-order chi connectivity index (χ1) is 16.7. The molecule has 0 amide bonds. The lowest BCUT2D eigenvalue weighted by Crippen LogP contribution is -2.35. The molecule has 4 aromatic rings. The van der Waals surface area contributed by atoms with Crippen LogP contribution in [-0.4, -0.2) is 59.6 Å². The van der Waals surface area contributed by atoms with Gasteiger partial charge in [-0.3, -0.25) is 15.0 Å². The van der Waals surface area contributed by atoms with Gasteiger partial charge in [0.05, 0.1) is 35.2 Å². The van der Waals surface area contributed by atoms with Gasteiger partial charge in [-0.15, -0.1) is 11.3 Å². The zero-order valence-corrected chi connectivity index (χ0v) is 19.8. The average Bonchev–Trinajstić information content (AvgIpc) is 3.56. The number of pyridine rings is 1. The molecule has 1 aliphatic carbocycles. The molecule has 0 atom stereocenters. The molecule has 1 aromatic carbocycles. The first-order valence-corrected chi connectivity index (χ1v) is 12.3. The summed E-state index contributed by atoms with van der Waals surface area (Å²) >= 11 is 1.82. The van der Waals surface area contributed by atoms with Crippen molar-refractivity contribution in [3.8, 4) is 33.1 Å². The Balaban J connectivity index is 1.24. The summed E-state index contributed by atoms with van der Waals surface area (Å²) in [7, 11) is 1.88. The van der Waals surface area contributed by atoms with Crippen LogP contribution in [0.25, 0.3) is 33.1 Å². The van der Waals surface area contributed by atoms with Crippen LogP contribution in [0.4, 0.5) is 5.69 Å². The monoisotopic (exact) mass is 470 g/mol. The Bertz CT molecular complexity index is 1350. The SMILES string of the molecule is CNc1cc(-c2n[nH]c3c2Cc2sc(-c4ccc(CN5CCOCC5)cn4)cc2-3)ccc1C=N. The molecule has 0 spiro atoms. The van der Waals surface area contributed by atoms with E-state index < -0.39 is 0 Å². The fourth-order valence-electron chi connectivity index (χ4n) is 4.78. The number of benzene rings is 1. The van der Waals surface area contributed by atoms with Crippen LogP contribution < -0.4 is 5.32 Å². The van der Waals surface area contributed by atoms with Gasteiger partial charge < -0.3 is 15.5 Å². The maximum absolute atomic E-state index is 7.59. The Morgan fingerprint density at radius 1 is 1.21 bits per heavy atom. The number of ether oxygens (including phenoxy) is 1. The van der Waals surface area contributed by atoms with Crippen LogP contribution in [0.5, 0.6) is 0 Å². The molecule has 3 aromatic heterocycles. The highest BCUT2D eigenvalue weighted by Crippen LogP contribution is 2.46. The van der Waals surface area contributed by atoms with Crippen LogP contribution >= 0.6 is 11.3 Å². The summed E-state index contributed by atoms with van der Waals surface area (Å²) in [6.45, 7) is 4.52. The summed E-state index contributed by atoms with van der Waals surface area (Å²) in [5.74, 6) is 0. The molecule has 34 heavy (non-hydrogen) atoms. The molecule has 6 rings (SSSR count). The average molecular weight is 471 g/mol. The van der Waals surface area contributed by atoms with Crippen LogP contribution in [-0.2, 0) is 17.7 Å². The van der Waals surface area contributed by atoms with E-state index in [4.69, 9.17) is 15.1 Å². The van der Waals surface area contributed by atoms with Crippen molar-refractivity contribution < 1.29 is 4.74 Å². The third-order valence-corrected chi connectivity index (χ3v) is 7.78. The van der Waals surface area contributed by atoms with Crippen LogP contribution in [0.15, 0.2) is 42.6 Å². The topological polar surface area (TPSA) is 89.9 Å². The zero-order chi connectivity index (χ0) is 23.1. The van der Waals surface area contributed by atoms with Gasteiger partial charge in [-0.2, -0.15) is 5.10 Å². The molecule has 1 fully saturated rings. The van der Waals surface area contributed by atoms with Crippen LogP contribution in [0.2, 0.25) is 0 Å². The lowest BCUT2D eigenvalue weighted by molar-refractivity contribution is 0.0341. The second kappa shape index (κ2) is 8.79. The highest BCUT2D eigenvalue weighted by atomic mass is 32.1. The van der Waals surface area contributed by atoms with Crippen LogP contribution in [0.1, 0.15) is 21.6 Å². The summed E-state index contributed by atoms with van der Waals surface area (Å²) < 4.78 is 5.44. The van der Waals surface area contributed by atoms with Crippen molar-refractivity contribution in [2.45, 2.75) is 13.0 Å². The Labute approximate surface area is 202 Å². The molecular weight excluding hydrogens is 444 g/mol. The predicted molar refractivity (Wildman–Crippen MR) is 137 cm³/mol. The zero-order valence-electron chi connectivity index (χ0n) is 19.0. The van der Waals surface area contributed by atoms with E-state index in [0.29, 0.717) is 0 Å². The van der Waals surface area contributed by atoms with E-state index in [-0.39, 0.29) is 0 Å². The Morgan fingerprint density at radius 2 is 2.09 bits per heavy atom. The number of anilines is 1. The van der Waals surface area contributed by atoms with E-state index in [1.165, 1.54) is 32.7 Å². The fourth-order valence-corrected chi connectivity index (χ4v) is 5.94. The summed E-state index contributed by atoms with van der Waals surface area (Å²) in [6, 6.07) is 12.6. The fraction of sp³-hybridized carbons (Fsp3) is 0.269. The predicted octanol–water partition coefficient (Wildman–Crippen LogP) is 4.64. The van der Waals surface area contributed by atoms with Crippen molar-refractivity contribution in [1.29, 1.82) is 5.41 Å². The number of nitrogens with one attached hydrogen (secondary N) is 3. The van der Waals surface area contributed by atoms with Gasteiger partial charge in [0.15, 0.2) is 0 Å². The lowest BCUT2D eigenvalue weighted by atomic mass is 10.0. The lowest BCUT2D eigenvalue weighted by Gasteiger charge is -2.26. The van der Waals surface area contributed by atoms with Gasteiger partial charge in [-0.05, 0) is 23.8 Å². The van der Waals surface area contributed by atoms with Crippen LogP contribution in [0, 0.1) is 5.41 Å². The number of fused-ring (bicyclic) bond motifs is 3. The number of rotatable bonds is 6. The number of aromatic nitrogens is 3. The van der Waals surface area contributed by atoms with Gasteiger partial charge in [-0.1, -0.05) is 18.2 Å². The van der Waals surface area contributed by atoms with Crippen molar-refractivity contribution in [3.63, 3.8) is 0 Å². The molecule has 1 aliphatic heterocycles. The van der Waals surface area contributed by atoms with Gasteiger partial charge in [-0.25, -0.2) is 0 Å². The summed E-state index contributed by atoms with van der Waals surface area (Å²) in [5.41, 5.74) is 9.69. The number of H-pyrrole nitrogens is 1. The van der Waals surface area contributed by atoms with Gasteiger partial charge in [0, 0.05) is 78.3 Å². The van der Waals surface area contributed by atoms with E-state index in [1.54, 1.807) is 0 Å². The minimum Gasteiger partial charge on any atom is -0.388 e. The second-order valence-electron chi connectivity index (χ2n) is 8.69. The normalized spacial score (nSPS) is 15.2. The smallest absolute Gasteiger partial charge is 0.0963 e. The highest BCUT2D eigenvalue weighted by Gasteiger charge is 2.28. The number of morpholine rings is 1. The Hall–Kier alpha value is -3.33. The highest BCUT2D eigenvalue weighted by molar-refractivity contribution is 7.16. The number of thiophene rings is 1. The van der Waals surface area contributed by atoms with Crippen molar-refractivity contribution >= 4 is 23.2 Å². The third-order valence-electron chi connectivity index (χ3n) is 6.62. The van der Waals surface area contributed by atoms with Crippen LogP contribution in [0.3, 0.4) is 0 Å². The molecule has 2 aliphatic rings. The molecule has 4 heterocycles. The van der Waals surface area contributed by atoms with Gasteiger partial charge in [0.1, 0.15) is 0 Å². The first kappa shape index (κ1) is 21.2. The van der Waals surface area contributed by atoms with E-state index in [1.807, 2.05) is 36.7 Å². The molecule has 1 saturated heterocycles. The number of hydrogen-bond donors (Lipinski definition) is 3. The molecule has 7 nitrogen and oxygen atoms in total. The Kier molecular flexibility index (Phi) is 5.49. The van der Waals surface area contributed by atoms with Crippen molar-refractivity contribution in [2.75, 3.05) is 38.7 Å².